The van der Waals surface area contributed by atoms with Crippen molar-refractivity contribution < 1.29 is 4.79 Å². The fourth-order valence-electron chi connectivity index (χ4n) is 4.55. The minimum absolute atomic E-state index is 0.0414. The molecule has 1 amide bonds. The van der Waals surface area contributed by atoms with Crippen LogP contribution in [-0.4, -0.2) is 46.3 Å². The number of carbonyl (C=O) groups is 1. The van der Waals surface area contributed by atoms with Crippen LogP contribution in [0.2, 0.25) is 0 Å². The number of nitrogens with one attached hydrogen (secondary N) is 2. The molecule has 0 radical (unpaired) electrons. The van der Waals surface area contributed by atoms with Crippen LogP contribution in [0.25, 0.3) is 10.9 Å². The molecule has 7 heteroatoms. The molecule has 5 rings (SSSR count). The molecule has 1 unspecified atom stereocenters. The van der Waals surface area contributed by atoms with Crippen LogP contribution in [0.4, 0.5) is 5.69 Å². The largest absolute Gasteiger partial charge is 0.351 e. The van der Waals surface area contributed by atoms with E-state index in [9.17, 15) is 10.1 Å². The smallest absolute Gasteiger partial charge is 0.270 e. The molecule has 0 spiro atoms. The van der Waals surface area contributed by atoms with E-state index in [1.165, 1.54) is 0 Å². The topological polar surface area (TPSA) is 87.5 Å². The van der Waals surface area contributed by atoms with Crippen LogP contribution in [0, 0.1) is 18.4 Å². The number of benzene rings is 3. The number of aromatic nitrogens is 1. The predicted molar refractivity (Wildman–Crippen MR) is 137 cm³/mol. The van der Waals surface area contributed by atoms with Crippen molar-refractivity contribution in [3.05, 3.63) is 102 Å². The third-order valence-electron chi connectivity index (χ3n) is 6.39. The van der Waals surface area contributed by atoms with E-state index in [0.717, 1.165) is 27.7 Å². The summed E-state index contributed by atoms with van der Waals surface area (Å²) in [6, 6.07) is 27.4. The second kappa shape index (κ2) is 9.74. The van der Waals surface area contributed by atoms with Gasteiger partial charge in [0.05, 0.1) is 11.7 Å². The first kappa shape index (κ1) is 22.2. The monoisotopic (exact) mass is 462 g/mol. The molecule has 0 saturated carbocycles. The Morgan fingerprint density at radius 1 is 1.03 bits per heavy atom. The lowest BCUT2D eigenvalue weighted by Gasteiger charge is -2.42. The zero-order chi connectivity index (χ0) is 24.2. The Labute approximate surface area is 204 Å². The highest BCUT2D eigenvalue weighted by molar-refractivity contribution is 5.98. The van der Waals surface area contributed by atoms with E-state index in [4.69, 9.17) is 4.99 Å². The molecule has 4 aromatic rings. The first-order chi connectivity index (χ1) is 17.1. The molecule has 7 nitrogen and oxygen atoms in total. The molecule has 174 valence electrons. The molecule has 35 heavy (non-hydrogen) atoms. The Morgan fingerprint density at radius 3 is 2.54 bits per heavy atom. The molecule has 3 aromatic carbocycles. The maximum Gasteiger partial charge on any atom is 0.270 e. The fraction of sp³-hybridized carbons (Fsp3) is 0.179. The number of guanidine groups is 1. The summed E-state index contributed by atoms with van der Waals surface area (Å²) in [6.07, 6.45) is 2.03. The minimum atomic E-state index is -0.202. The number of aromatic amines is 1. The molecule has 0 bridgehead atoms. The summed E-state index contributed by atoms with van der Waals surface area (Å²) in [7, 11) is 0. The van der Waals surface area contributed by atoms with Gasteiger partial charge in [-0.1, -0.05) is 66.7 Å². The van der Waals surface area contributed by atoms with Gasteiger partial charge in [-0.2, -0.15) is 5.26 Å². The predicted octanol–water partition coefficient (Wildman–Crippen LogP) is 4.73. The van der Waals surface area contributed by atoms with Gasteiger partial charge in [0, 0.05) is 30.5 Å². The minimum Gasteiger partial charge on any atom is -0.351 e. The van der Waals surface area contributed by atoms with Crippen LogP contribution in [0.5, 0.6) is 0 Å². The van der Waals surface area contributed by atoms with Crippen molar-refractivity contribution in [2.75, 3.05) is 19.6 Å². The number of piperazine rings is 1. The highest BCUT2D eigenvalue weighted by Crippen LogP contribution is 2.29. The molecule has 2 N–H and O–H groups in total. The zero-order valence-electron chi connectivity index (χ0n) is 19.5. The van der Waals surface area contributed by atoms with Gasteiger partial charge in [0.25, 0.3) is 5.91 Å². The lowest BCUT2D eigenvalue weighted by Crippen LogP contribution is -2.54. The summed E-state index contributed by atoms with van der Waals surface area (Å²) < 4.78 is 0. The molecule has 1 atom stereocenters. The Kier molecular flexibility index (Phi) is 6.18. The summed E-state index contributed by atoms with van der Waals surface area (Å²) in [6.45, 7) is 3.55. The van der Waals surface area contributed by atoms with E-state index in [2.05, 4.69) is 10.3 Å². The normalized spacial score (nSPS) is 16.2. The van der Waals surface area contributed by atoms with E-state index in [1.807, 2.05) is 108 Å². The quantitative estimate of drug-likeness (QED) is 0.199. The zero-order valence-corrected chi connectivity index (χ0v) is 19.5. The van der Waals surface area contributed by atoms with Crippen molar-refractivity contribution in [3.63, 3.8) is 0 Å². The highest BCUT2D eigenvalue weighted by atomic mass is 16.2. The summed E-state index contributed by atoms with van der Waals surface area (Å²) in [5.74, 6) is 0.445. The standard InChI is InChI=1S/C28H26N6O/c1-20-9-5-7-13-23(20)32-28(30-19-29)33-15-16-34(26(18-33)21-10-3-2-4-11-21)27(35)25-17-22-12-6-8-14-24(22)31-25/h2-14,17,26,31H,15-16,18H2,1H3,(H,30,32). The maximum atomic E-state index is 13.7. The SMILES string of the molecule is Cc1ccccc1N=C(NC#N)N1CCN(C(=O)c2cc3ccccc3[nH]2)C(c2ccccc2)C1. The molecule has 1 aromatic heterocycles. The second-order valence-electron chi connectivity index (χ2n) is 8.60. The number of rotatable bonds is 3. The molecular formula is C28H26N6O. The van der Waals surface area contributed by atoms with Gasteiger partial charge >= 0.3 is 0 Å². The lowest BCUT2D eigenvalue weighted by molar-refractivity contribution is 0.0542. The summed E-state index contributed by atoms with van der Waals surface area (Å²) in [5.41, 5.74) is 4.38. The maximum absolute atomic E-state index is 13.7. The Bertz CT molecular complexity index is 1390. The molecule has 1 saturated heterocycles. The number of nitriles is 1. The Balaban J connectivity index is 1.48. The van der Waals surface area contributed by atoms with Crippen LogP contribution in [0.15, 0.2) is 89.9 Å². The van der Waals surface area contributed by atoms with E-state index in [1.54, 1.807) is 0 Å². The lowest BCUT2D eigenvalue weighted by atomic mass is 10.0. The van der Waals surface area contributed by atoms with Crippen LogP contribution in [0.3, 0.4) is 0 Å². The number of aliphatic imine (C=N–C) groups is 1. The van der Waals surface area contributed by atoms with Crippen molar-refractivity contribution in [1.29, 1.82) is 5.26 Å². The van der Waals surface area contributed by atoms with Crippen molar-refractivity contribution in [3.8, 4) is 6.19 Å². The molecule has 2 heterocycles. The number of fused-ring (bicyclic) bond motifs is 1. The van der Waals surface area contributed by atoms with E-state index < -0.39 is 0 Å². The van der Waals surface area contributed by atoms with Crippen molar-refractivity contribution in [2.24, 2.45) is 4.99 Å². The molecular weight excluding hydrogens is 436 g/mol. The van der Waals surface area contributed by atoms with Crippen LogP contribution in [0.1, 0.15) is 27.7 Å². The van der Waals surface area contributed by atoms with Crippen LogP contribution in [-0.2, 0) is 0 Å². The van der Waals surface area contributed by atoms with E-state index in [0.29, 0.717) is 31.3 Å². The molecule has 1 aliphatic rings. The Hall–Kier alpha value is -4.57. The first-order valence-corrected chi connectivity index (χ1v) is 11.6. The number of nitrogens with zero attached hydrogens (tertiary/aromatic N) is 4. The summed E-state index contributed by atoms with van der Waals surface area (Å²) in [4.78, 5) is 25.7. The number of hydrogen-bond donors (Lipinski definition) is 2. The number of H-pyrrole nitrogens is 1. The second-order valence-corrected chi connectivity index (χ2v) is 8.60. The van der Waals surface area contributed by atoms with Gasteiger partial charge in [0.2, 0.25) is 5.96 Å². The van der Waals surface area contributed by atoms with Gasteiger partial charge in [-0.3, -0.25) is 10.1 Å². The summed E-state index contributed by atoms with van der Waals surface area (Å²) in [5, 5.41) is 13.2. The molecule has 1 aliphatic heterocycles. The van der Waals surface area contributed by atoms with Gasteiger partial charge in [-0.05, 0) is 36.2 Å². The number of hydrogen-bond acceptors (Lipinski definition) is 3. The van der Waals surface area contributed by atoms with Gasteiger partial charge in [-0.25, -0.2) is 4.99 Å². The van der Waals surface area contributed by atoms with Crippen LogP contribution >= 0.6 is 0 Å². The number of carbonyl (C=O) groups excluding carboxylic acids is 1. The highest BCUT2D eigenvalue weighted by Gasteiger charge is 2.34. The van der Waals surface area contributed by atoms with Gasteiger partial charge in [0.1, 0.15) is 5.69 Å². The van der Waals surface area contributed by atoms with Crippen molar-refractivity contribution in [1.82, 2.24) is 20.1 Å². The molecule has 0 aliphatic carbocycles. The van der Waals surface area contributed by atoms with Crippen molar-refractivity contribution in [2.45, 2.75) is 13.0 Å². The van der Waals surface area contributed by atoms with E-state index in [-0.39, 0.29) is 11.9 Å². The van der Waals surface area contributed by atoms with E-state index >= 15 is 0 Å². The number of para-hydroxylation sites is 2. The third-order valence-corrected chi connectivity index (χ3v) is 6.39. The summed E-state index contributed by atoms with van der Waals surface area (Å²) >= 11 is 0. The first-order valence-electron chi connectivity index (χ1n) is 11.6. The van der Waals surface area contributed by atoms with Crippen molar-refractivity contribution >= 4 is 28.5 Å². The third kappa shape index (κ3) is 4.59. The number of aryl methyl sites for hydroxylation is 1. The Morgan fingerprint density at radius 2 is 1.77 bits per heavy atom. The van der Waals surface area contributed by atoms with Gasteiger partial charge in [0.15, 0.2) is 6.19 Å². The molecule has 1 fully saturated rings. The average Bonchev–Trinajstić information content (AvgIpc) is 3.34. The fourth-order valence-corrected chi connectivity index (χ4v) is 4.55. The average molecular weight is 463 g/mol. The van der Waals surface area contributed by atoms with Gasteiger partial charge < -0.3 is 14.8 Å². The van der Waals surface area contributed by atoms with Gasteiger partial charge in [-0.15, -0.1) is 0 Å². The number of amides is 1. The van der Waals surface area contributed by atoms with Crippen LogP contribution < -0.4 is 5.32 Å².